The van der Waals surface area contributed by atoms with Gasteiger partial charge in [0.05, 0.1) is 0 Å². The van der Waals surface area contributed by atoms with Crippen LogP contribution in [-0.2, 0) is 4.57 Å². The number of halogens is 2. The first kappa shape index (κ1) is 12.7. The number of carbonyl (C=O) groups excluding carboxylic acids is 1. The lowest BCUT2D eigenvalue weighted by Crippen LogP contribution is -2.26. The molecule has 0 aliphatic carbocycles. The van der Waals surface area contributed by atoms with Crippen molar-refractivity contribution in [3.8, 4) is 0 Å². The molecule has 0 fully saturated rings. The number of Topliss-reactive ketones (excluding diaryl/α,β-unsaturated/α-hetero) is 1. The summed E-state index contributed by atoms with van der Waals surface area (Å²) in [5.74, 6) is -1.01. The van der Waals surface area contributed by atoms with Crippen LogP contribution in [0.5, 0.6) is 0 Å². The summed E-state index contributed by atoms with van der Waals surface area (Å²) < 4.78 is 8.15. The van der Waals surface area contributed by atoms with Gasteiger partial charge in [0, 0.05) is 5.56 Å². The molecule has 0 unspecified atom stereocenters. The van der Waals surface area contributed by atoms with Crippen LogP contribution in [0.1, 0.15) is 10.4 Å². The first-order chi connectivity index (χ1) is 6.77. The second-order valence-electron chi connectivity index (χ2n) is 2.78. The fourth-order valence-corrected chi connectivity index (χ4v) is 1.51. The third-order valence-electron chi connectivity index (χ3n) is 1.68. The average Bonchev–Trinajstić information content (AvgIpc) is 2.16. The lowest BCUT2D eigenvalue weighted by Gasteiger charge is -2.18. The number of hydrogen-bond acceptors (Lipinski definition) is 2. The number of carbonyl (C=O) groups is 1. The van der Waals surface area contributed by atoms with Crippen LogP contribution in [-0.4, -0.2) is 19.6 Å². The van der Waals surface area contributed by atoms with Crippen molar-refractivity contribution in [1.29, 1.82) is 0 Å². The molecule has 0 radical (unpaired) electrons. The smallest absolute Gasteiger partial charge is 0.322 e. The van der Waals surface area contributed by atoms with Gasteiger partial charge in [-0.05, 0) is 0 Å². The van der Waals surface area contributed by atoms with Crippen LogP contribution in [0.4, 0.5) is 0 Å². The molecule has 1 rings (SSSR count). The van der Waals surface area contributed by atoms with E-state index in [1.165, 1.54) is 24.3 Å². The minimum Gasteiger partial charge on any atom is -0.322 e. The molecule has 0 spiro atoms. The molecule has 4 nitrogen and oxygen atoms in total. The first-order valence-corrected chi connectivity index (χ1v) is 6.17. The molecule has 0 aliphatic heterocycles. The molecule has 2 N–H and O–H groups in total. The SMILES string of the molecule is O=C(c1ccccc1)C(Cl)(Cl)P(=O)(O)O. The summed E-state index contributed by atoms with van der Waals surface area (Å²) in [6, 6.07) is 7.47. The monoisotopic (exact) mass is 268 g/mol. The van der Waals surface area contributed by atoms with Crippen LogP contribution in [0.3, 0.4) is 0 Å². The first-order valence-electron chi connectivity index (χ1n) is 3.80. The van der Waals surface area contributed by atoms with E-state index >= 15 is 0 Å². The van der Waals surface area contributed by atoms with Gasteiger partial charge >= 0.3 is 7.60 Å². The Morgan fingerprint density at radius 2 is 1.67 bits per heavy atom. The van der Waals surface area contributed by atoms with E-state index in [1.807, 2.05) is 0 Å². The Kier molecular flexibility index (Phi) is 3.59. The molecule has 0 amide bonds. The summed E-state index contributed by atoms with van der Waals surface area (Å²) in [6.07, 6.45) is 0. The molecule has 7 heteroatoms. The van der Waals surface area contributed by atoms with Crippen molar-refractivity contribution in [2.75, 3.05) is 0 Å². The molecule has 0 bridgehead atoms. The number of rotatable bonds is 3. The summed E-state index contributed by atoms with van der Waals surface area (Å²) in [6.45, 7) is 0. The van der Waals surface area contributed by atoms with Gasteiger partial charge in [0.25, 0.3) is 4.07 Å². The number of benzene rings is 1. The second kappa shape index (κ2) is 4.24. The van der Waals surface area contributed by atoms with Crippen LogP contribution >= 0.6 is 30.8 Å². The molecular formula is C8H7Cl2O4P. The molecule has 0 atom stereocenters. The maximum absolute atomic E-state index is 11.6. The van der Waals surface area contributed by atoms with Crippen molar-refractivity contribution >= 4 is 36.6 Å². The fourth-order valence-electron chi connectivity index (χ4n) is 0.895. The summed E-state index contributed by atoms with van der Waals surface area (Å²) in [5.41, 5.74) is 0.0471. The molecule has 0 saturated carbocycles. The summed E-state index contributed by atoms with van der Waals surface area (Å²) in [7, 11) is -4.91. The number of hydrogen-bond donors (Lipinski definition) is 2. The maximum Gasteiger partial charge on any atom is 0.369 e. The van der Waals surface area contributed by atoms with Crippen LogP contribution in [0, 0.1) is 0 Å². The third-order valence-corrected chi connectivity index (χ3v) is 4.27. The lowest BCUT2D eigenvalue weighted by atomic mass is 10.1. The minimum absolute atomic E-state index is 0.0471. The predicted molar refractivity (Wildman–Crippen MR) is 57.3 cm³/mol. The third kappa shape index (κ3) is 2.60. The van der Waals surface area contributed by atoms with Gasteiger partial charge in [-0.1, -0.05) is 53.5 Å². The van der Waals surface area contributed by atoms with Crippen molar-refractivity contribution in [3.05, 3.63) is 35.9 Å². The van der Waals surface area contributed by atoms with E-state index in [0.717, 1.165) is 0 Å². The summed E-state index contributed by atoms with van der Waals surface area (Å²) >= 11 is 10.7. The Morgan fingerprint density at radius 1 is 1.20 bits per heavy atom. The minimum atomic E-state index is -4.91. The van der Waals surface area contributed by atoms with Crippen molar-refractivity contribution < 1.29 is 19.1 Å². The Labute approximate surface area is 96.0 Å². The highest BCUT2D eigenvalue weighted by molar-refractivity contribution is 7.60. The number of alkyl halides is 2. The van der Waals surface area contributed by atoms with Gasteiger partial charge in [-0.3, -0.25) is 9.36 Å². The average molecular weight is 269 g/mol. The van der Waals surface area contributed by atoms with Crippen LogP contribution in [0.2, 0.25) is 0 Å². The molecule has 0 aliphatic rings. The normalized spacial score (nSPS) is 12.5. The predicted octanol–water partition coefficient (Wildman–Crippen LogP) is 2.18. The standard InChI is InChI=1S/C8H7Cl2O4P/c9-8(10,15(12,13)14)7(11)6-4-2-1-3-5-6/h1-5H,(H2,12,13,14). The zero-order valence-corrected chi connectivity index (χ0v) is 9.71. The molecule has 1 aromatic carbocycles. The summed E-state index contributed by atoms with van der Waals surface area (Å²) in [5, 5.41) is 0. The Hall–Kier alpha value is -0.380. The molecule has 0 heterocycles. The van der Waals surface area contributed by atoms with Gasteiger partial charge in [0.15, 0.2) is 0 Å². The molecule has 1 aromatic rings. The van der Waals surface area contributed by atoms with Gasteiger partial charge in [-0.2, -0.15) is 0 Å². The van der Waals surface area contributed by atoms with Gasteiger partial charge < -0.3 is 9.79 Å². The van der Waals surface area contributed by atoms with Crippen molar-refractivity contribution in [2.45, 2.75) is 4.07 Å². The van der Waals surface area contributed by atoms with Gasteiger partial charge in [0.2, 0.25) is 5.78 Å². The molecule has 0 aromatic heterocycles. The van der Waals surface area contributed by atoms with Crippen molar-refractivity contribution in [2.24, 2.45) is 0 Å². The van der Waals surface area contributed by atoms with Crippen LogP contribution in [0.15, 0.2) is 30.3 Å². The largest absolute Gasteiger partial charge is 0.369 e. The fraction of sp³-hybridized carbons (Fsp3) is 0.125. The number of ketones is 1. The van der Waals surface area contributed by atoms with E-state index in [1.54, 1.807) is 6.07 Å². The Bertz CT molecular complexity index is 412. The van der Waals surface area contributed by atoms with Gasteiger partial charge in [-0.25, -0.2) is 0 Å². The Balaban J connectivity index is 3.12. The van der Waals surface area contributed by atoms with Gasteiger partial charge in [-0.15, -0.1) is 0 Å². The quantitative estimate of drug-likeness (QED) is 0.501. The topological polar surface area (TPSA) is 74.6 Å². The zero-order valence-electron chi connectivity index (χ0n) is 7.30. The lowest BCUT2D eigenvalue weighted by molar-refractivity contribution is 0.0988. The maximum atomic E-state index is 11.6. The van der Waals surface area contributed by atoms with Crippen molar-refractivity contribution in [1.82, 2.24) is 0 Å². The van der Waals surface area contributed by atoms with Crippen LogP contribution < -0.4 is 0 Å². The van der Waals surface area contributed by atoms with Crippen LogP contribution in [0.25, 0.3) is 0 Å². The highest BCUT2D eigenvalue weighted by Crippen LogP contribution is 2.57. The van der Waals surface area contributed by atoms with E-state index in [2.05, 4.69) is 0 Å². The second-order valence-corrected chi connectivity index (χ2v) is 6.39. The van der Waals surface area contributed by atoms with E-state index in [-0.39, 0.29) is 5.56 Å². The van der Waals surface area contributed by atoms with E-state index in [0.29, 0.717) is 0 Å². The molecular weight excluding hydrogens is 262 g/mol. The van der Waals surface area contributed by atoms with Crippen molar-refractivity contribution in [3.63, 3.8) is 0 Å². The Morgan fingerprint density at radius 3 is 2.07 bits per heavy atom. The molecule has 15 heavy (non-hydrogen) atoms. The van der Waals surface area contributed by atoms with Gasteiger partial charge in [0.1, 0.15) is 0 Å². The van der Waals surface area contributed by atoms with E-state index in [9.17, 15) is 9.36 Å². The zero-order chi connectivity index (χ0) is 11.7. The molecule has 82 valence electrons. The molecule has 0 saturated heterocycles. The van der Waals surface area contributed by atoms with E-state index in [4.69, 9.17) is 33.0 Å². The highest BCUT2D eigenvalue weighted by Gasteiger charge is 2.50. The van der Waals surface area contributed by atoms with E-state index < -0.39 is 17.5 Å². The highest BCUT2D eigenvalue weighted by atomic mass is 35.5. The summed E-state index contributed by atoms with van der Waals surface area (Å²) in [4.78, 5) is 29.2.